The molecule has 2 heterocycles. The highest BCUT2D eigenvalue weighted by Crippen LogP contribution is 2.30. The minimum absolute atomic E-state index is 0.300. The fourth-order valence-electron chi connectivity index (χ4n) is 3.18. The van der Waals surface area contributed by atoms with E-state index in [1.165, 1.54) is 12.1 Å². The van der Waals surface area contributed by atoms with E-state index < -0.39 is 0 Å². The molecule has 0 N–H and O–H groups in total. The molecule has 0 radical (unpaired) electrons. The maximum Gasteiger partial charge on any atom is 0.250 e. The van der Waals surface area contributed by atoms with E-state index in [2.05, 4.69) is 25.3 Å². The third-order valence-corrected chi connectivity index (χ3v) is 4.50. The number of nitrogens with zero attached hydrogens (tertiary/aromatic N) is 6. The maximum atomic E-state index is 13.4. The second-order valence-electron chi connectivity index (χ2n) is 6.02. The molecule has 0 atom stereocenters. The number of anilines is 2. The number of aromatic nitrogens is 4. The smallest absolute Gasteiger partial charge is 0.250 e. The summed E-state index contributed by atoms with van der Waals surface area (Å²) in [6.45, 7) is 3.05. The molecule has 1 aliphatic heterocycles. The molecule has 1 aliphatic rings. The van der Waals surface area contributed by atoms with Gasteiger partial charge in [0.1, 0.15) is 11.6 Å². The van der Waals surface area contributed by atoms with Crippen molar-refractivity contribution >= 4 is 11.6 Å². The molecule has 0 unspecified atom stereocenters. The predicted molar refractivity (Wildman–Crippen MR) is 96.5 cm³/mol. The van der Waals surface area contributed by atoms with Crippen molar-refractivity contribution in [1.29, 1.82) is 0 Å². The SMILES string of the molecule is COc1cc(F)ccc1N1CCN(c2nnnn2-c2ccccc2)CC1. The van der Waals surface area contributed by atoms with E-state index in [-0.39, 0.29) is 5.82 Å². The molecule has 3 aromatic rings. The molecule has 4 rings (SSSR count). The molecule has 2 aromatic carbocycles. The van der Waals surface area contributed by atoms with Crippen molar-refractivity contribution in [3.8, 4) is 11.4 Å². The number of para-hydroxylation sites is 1. The topological polar surface area (TPSA) is 59.3 Å². The van der Waals surface area contributed by atoms with Crippen LogP contribution in [0.25, 0.3) is 5.69 Å². The number of methoxy groups -OCH3 is 1. The van der Waals surface area contributed by atoms with E-state index >= 15 is 0 Å². The van der Waals surface area contributed by atoms with Crippen LogP contribution in [-0.4, -0.2) is 53.5 Å². The van der Waals surface area contributed by atoms with Gasteiger partial charge in [-0.05, 0) is 34.7 Å². The molecule has 26 heavy (non-hydrogen) atoms. The maximum absolute atomic E-state index is 13.4. The van der Waals surface area contributed by atoms with E-state index in [9.17, 15) is 4.39 Å². The average molecular weight is 354 g/mol. The molecule has 1 fully saturated rings. The van der Waals surface area contributed by atoms with Gasteiger partial charge in [-0.25, -0.2) is 4.39 Å². The van der Waals surface area contributed by atoms with Gasteiger partial charge in [0, 0.05) is 32.2 Å². The number of ether oxygens (including phenoxy) is 1. The average Bonchev–Trinajstić information content (AvgIpc) is 3.18. The van der Waals surface area contributed by atoms with Gasteiger partial charge in [0.2, 0.25) is 5.95 Å². The molecular weight excluding hydrogens is 335 g/mol. The van der Waals surface area contributed by atoms with Crippen molar-refractivity contribution in [3.63, 3.8) is 0 Å². The lowest BCUT2D eigenvalue weighted by Crippen LogP contribution is -2.47. The molecule has 1 saturated heterocycles. The Bertz CT molecular complexity index is 876. The van der Waals surface area contributed by atoms with E-state index in [0.29, 0.717) is 5.75 Å². The highest BCUT2D eigenvalue weighted by Gasteiger charge is 2.24. The zero-order chi connectivity index (χ0) is 17.9. The first kappa shape index (κ1) is 16.3. The fourth-order valence-corrected chi connectivity index (χ4v) is 3.18. The van der Waals surface area contributed by atoms with Gasteiger partial charge in [-0.3, -0.25) is 0 Å². The van der Waals surface area contributed by atoms with Gasteiger partial charge in [0.05, 0.1) is 18.5 Å². The molecule has 0 aliphatic carbocycles. The minimum atomic E-state index is -0.300. The van der Waals surface area contributed by atoms with Crippen molar-refractivity contribution < 1.29 is 9.13 Å². The summed E-state index contributed by atoms with van der Waals surface area (Å²) < 4.78 is 20.5. The number of tetrazole rings is 1. The largest absolute Gasteiger partial charge is 0.494 e. The van der Waals surface area contributed by atoms with Crippen molar-refractivity contribution in [2.75, 3.05) is 43.1 Å². The summed E-state index contributed by atoms with van der Waals surface area (Å²) in [5.74, 6) is 0.973. The molecule has 0 saturated carbocycles. The Morgan fingerprint density at radius 1 is 0.962 bits per heavy atom. The monoisotopic (exact) mass is 354 g/mol. The second kappa shape index (κ2) is 6.99. The molecule has 0 bridgehead atoms. The third kappa shape index (κ3) is 3.05. The molecular formula is C18H19FN6O. The molecule has 134 valence electrons. The standard InChI is InChI=1S/C18H19FN6O/c1-26-17-13-14(19)7-8-16(17)23-9-11-24(12-10-23)18-20-21-22-25(18)15-5-3-2-4-6-15/h2-8,13H,9-12H2,1H3. The summed E-state index contributed by atoms with van der Waals surface area (Å²) in [5, 5.41) is 12.1. The van der Waals surface area contributed by atoms with E-state index in [0.717, 1.165) is 43.5 Å². The van der Waals surface area contributed by atoms with Crippen LogP contribution in [-0.2, 0) is 0 Å². The Balaban J connectivity index is 1.51. The first-order valence-electron chi connectivity index (χ1n) is 8.43. The van der Waals surface area contributed by atoms with Crippen LogP contribution >= 0.6 is 0 Å². The minimum Gasteiger partial charge on any atom is -0.494 e. The van der Waals surface area contributed by atoms with Crippen molar-refractivity contribution in [2.24, 2.45) is 0 Å². The van der Waals surface area contributed by atoms with E-state index in [1.807, 2.05) is 30.3 Å². The Morgan fingerprint density at radius 2 is 1.69 bits per heavy atom. The van der Waals surface area contributed by atoms with Gasteiger partial charge >= 0.3 is 0 Å². The Kier molecular flexibility index (Phi) is 4.39. The van der Waals surface area contributed by atoms with Gasteiger partial charge in [-0.1, -0.05) is 23.3 Å². The summed E-state index contributed by atoms with van der Waals surface area (Å²) in [4.78, 5) is 4.34. The lowest BCUT2D eigenvalue weighted by Gasteiger charge is -2.36. The summed E-state index contributed by atoms with van der Waals surface area (Å²) in [7, 11) is 1.56. The van der Waals surface area contributed by atoms with Crippen LogP contribution in [0, 0.1) is 5.82 Å². The molecule has 0 spiro atoms. The summed E-state index contributed by atoms with van der Waals surface area (Å²) in [5.41, 5.74) is 1.83. The Morgan fingerprint density at radius 3 is 2.42 bits per heavy atom. The quantitative estimate of drug-likeness (QED) is 0.715. The molecule has 1 aromatic heterocycles. The van der Waals surface area contributed by atoms with Crippen LogP contribution in [0.1, 0.15) is 0 Å². The number of piperazine rings is 1. The normalized spacial score (nSPS) is 14.5. The molecule has 8 heteroatoms. The number of halogens is 1. The van der Waals surface area contributed by atoms with Crippen LogP contribution in [0.2, 0.25) is 0 Å². The zero-order valence-corrected chi connectivity index (χ0v) is 14.4. The fraction of sp³-hybridized carbons (Fsp3) is 0.278. The second-order valence-corrected chi connectivity index (χ2v) is 6.02. The van der Waals surface area contributed by atoms with Crippen molar-refractivity contribution in [3.05, 3.63) is 54.3 Å². The van der Waals surface area contributed by atoms with Crippen LogP contribution in [0.15, 0.2) is 48.5 Å². The summed E-state index contributed by atoms with van der Waals surface area (Å²) >= 11 is 0. The Hall–Kier alpha value is -3.16. The van der Waals surface area contributed by atoms with E-state index in [1.54, 1.807) is 17.9 Å². The van der Waals surface area contributed by atoms with Gasteiger partial charge in [-0.15, -0.1) is 0 Å². The van der Waals surface area contributed by atoms with Crippen LogP contribution in [0.3, 0.4) is 0 Å². The Labute approximate surface area is 150 Å². The number of benzene rings is 2. The first-order chi connectivity index (χ1) is 12.8. The van der Waals surface area contributed by atoms with Crippen molar-refractivity contribution in [2.45, 2.75) is 0 Å². The number of hydrogen-bond donors (Lipinski definition) is 0. The van der Waals surface area contributed by atoms with Gasteiger partial charge < -0.3 is 14.5 Å². The van der Waals surface area contributed by atoms with Crippen LogP contribution < -0.4 is 14.5 Å². The number of rotatable bonds is 4. The van der Waals surface area contributed by atoms with Crippen LogP contribution in [0.5, 0.6) is 5.75 Å². The molecule has 0 amide bonds. The predicted octanol–water partition coefficient (Wildman–Crippen LogP) is 2.14. The summed E-state index contributed by atoms with van der Waals surface area (Å²) in [6.07, 6.45) is 0. The van der Waals surface area contributed by atoms with Gasteiger partial charge in [-0.2, -0.15) is 4.68 Å². The third-order valence-electron chi connectivity index (χ3n) is 4.50. The zero-order valence-electron chi connectivity index (χ0n) is 14.4. The lowest BCUT2D eigenvalue weighted by molar-refractivity contribution is 0.410. The summed E-state index contributed by atoms with van der Waals surface area (Å²) in [6, 6.07) is 14.5. The number of hydrogen-bond acceptors (Lipinski definition) is 6. The van der Waals surface area contributed by atoms with Gasteiger partial charge in [0.15, 0.2) is 0 Å². The van der Waals surface area contributed by atoms with E-state index in [4.69, 9.17) is 4.74 Å². The molecule has 7 nitrogen and oxygen atoms in total. The van der Waals surface area contributed by atoms with Crippen molar-refractivity contribution in [1.82, 2.24) is 20.2 Å². The first-order valence-corrected chi connectivity index (χ1v) is 8.43. The highest BCUT2D eigenvalue weighted by atomic mass is 19.1. The lowest BCUT2D eigenvalue weighted by atomic mass is 10.2. The van der Waals surface area contributed by atoms with Crippen LogP contribution in [0.4, 0.5) is 16.0 Å². The highest BCUT2D eigenvalue weighted by molar-refractivity contribution is 5.59. The van der Waals surface area contributed by atoms with Gasteiger partial charge in [0.25, 0.3) is 0 Å².